The summed E-state index contributed by atoms with van der Waals surface area (Å²) in [5, 5.41) is 2.78. The molecule has 1 heterocycles. The number of ether oxygens (including phenoxy) is 2. The van der Waals surface area contributed by atoms with E-state index in [1.807, 2.05) is 0 Å². The van der Waals surface area contributed by atoms with Gasteiger partial charge in [-0.1, -0.05) is 18.2 Å². The lowest BCUT2D eigenvalue weighted by atomic mass is 10.1. The van der Waals surface area contributed by atoms with Crippen LogP contribution in [0.15, 0.2) is 64.4 Å². The first-order valence-corrected chi connectivity index (χ1v) is 12.7. The molecule has 0 fully saturated rings. The molecule has 8 nitrogen and oxygen atoms in total. The van der Waals surface area contributed by atoms with Crippen LogP contribution in [0.4, 0.5) is 5.00 Å². The third kappa shape index (κ3) is 5.18. The maximum atomic E-state index is 12.9. The second-order valence-electron chi connectivity index (χ2n) is 7.00. The lowest BCUT2D eigenvalue weighted by Gasteiger charge is -2.08. The molecular weight excluding hydrogens is 478 g/mol. The van der Waals surface area contributed by atoms with Gasteiger partial charge in [-0.25, -0.2) is 18.0 Å². The first kappa shape index (κ1) is 25.1. The summed E-state index contributed by atoms with van der Waals surface area (Å²) in [7, 11) is -3.72. The number of anilines is 1. The lowest BCUT2D eigenvalue weighted by Crippen LogP contribution is -2.15. The number of amides is 1. The molecule has 3 rings (SSSR count). The highest BCUT2D eigenvalue weighted by Gasteiger charge is 2.27. The summed E-state index contributed by atoms with van der Waals surface area (Å²) in [5.41, 5.74) is 0.596. The summed E-state index contributed by atoms with van der Waals surface area (Å²) >= 11 is 0.913. The zero-order valence-corrected chi connectivity index (χ0v) is 20.4. The minimum atomic E-state index is -3.72. The first-order chi connectivity index (χ1) is 16.2. The molecule has 2 aromatic carbocycles. The molecule has 10 heteroatoms. The number of rotatable bonds is 8. The van der Waals surface area contributed by atoms with E-state index in [1.54, 1.807) is 39.0 Å². The van der Waals surface area contributed by atoms with Gasteiger partial charge in [0.25, 0.3) is 5.91 Å². The Kier molecular flexibility index (Phi) is 7.85. The number of hydrogen-bond donors (Lipinski definition) is 1. The van der Waals surface area contributed by atoms with Crippen molar-refractivity contribution in [1.29, 1.82) is 0 Å². The Bertz CT molecular complexity index is 1310. The van der Waals surface area contributed by atoms with Gasteiger partial charge < -0.3 is 14.8 Å². The molecule has 0 spiro atoms. The number of carbonyl (C=O) groups excluding carboxylic acids is 3. The molecule has 0 bridgehead atoms. The molecule has 0 aliphatic heterocycles. The van der Waals surface area contributed by atoms with Crippen LogP contribution in [0.3, 0.4) is 0 Å². The van der Waals surface area contributed by atoms with Crippen LogP contribution < -0.4 is 5.32 Å². The van der Waals surface area contributed by atoms with Crippen molar-refractivity contribution in [2.24, 2.45) is 0 Å². The molecular formula is C24H23NO7S2. The molecule has 1 N–H and O–H groups in total. The molecule has 0 saturated heterocycles. The molecule has 1 aromatic heterocycles. The van der Waals surface area contributed by atoms with Crippen LogP contribution in [0.2, 0.25) is 0 Å². The molecule has 34 heavy (non-hydrogen) atoms. The standard InChI is InChI=1S/C24H23NO7S2/c1-4-31-23(27)19-15(3)20(24(28)32-5-2)33-22(19)25-21(26)16-11-13-18(14-12-16)34(29,30)17-9-7-6-8-10-17/h6-14H,4-5H2,1-3H3,(H,25,26). The molecule has 0 unspecified atom stereocenters. The van der Waals surface area contributed by atoms with E-state index < -0.39 is 27.7 Å². The van der Waals surface area contributed by atoms with Crippen molar-refractivity contribution in [1.82, 2.24) is 0 Å². The van der Waals surface area contributed by atoms with Gasteiger partial charge in [-0.3, -0.25) is 4.79 Å². The number of esters is 2. The van der Waals surface area contributed by atoms with E-state index in [1.165, 1.54) is 36.4 Å². The van der Waals surface area contributed by atoms with Crippen LogP contribution in [0, 0.1) is 6.92 Å². The van der Waals surface area contributed by atoms with E-state index in [9.17, 15) is 22.8 Å². The molecule has 178 valence electrons. The van der Waals surface area contributed by atoms with Crippen molar-refractivity contribution >= 4 is 44.0 Å². The summed E-state index contributed by atoms with van der Waals surface area (Å²) < 4.78 is 35.6. The lowest BCUT2D eigenvalue weighted by molar-refractivity contribution is 0.0527. The maximum Gasteiger partial charge on any atom is 0.348 e. The molecule has 3 aromatic rings. The summed E-state index contributed by atoms with van der Waals surface area (Å²) in [6.07, 6.45) is 0. The van der Waals surface area contributed by atoms with E-state index in [4.69, 9.17) is 9.47 Å². The Balaban J connectivity index is 1.90. The molecule has 0 atom stereocenters. The Hall–Kier alpha value is -3.50. The minimum Gasteiger partial charge on any atom is -0.462 e. The van der Waals surface area contributed by atoms with Gasteiger partial charge >= 0.3 is 11.9 Å². The zero-order valence-electron chi connectivity index (χ0n) is 18.8. The fourth-order valence-corrected chi connectivity index (χ4v) is 5.50. The fraction of sp³-hybridized carbons (Fsp3) is 0.208. The van der Waals surface area contributed by atoms with Crippen molar-refractivity contribution in [3.05, 3.63) is 76.2 Å². The molecule has 1 amide bonds. The monoisotopic (exact) mass is 501 g/mol. The van der Waals surface area contributed by atoms with Gasteiger partial charge in [0.05, 0.1) is 28.6 Å². The van der Waals surface area contributed by atoms with E-state index in [0.717, 1.165) is 11.3 Å². The quantitative estimate of drug-likeness (QED) is 0.452. The highest BCUT2D eigenvalue weighted by molar-refractivity contribution is 7.91. The van der Waals surface area contributed by atoms with E-state index in [2.05, 4.69) is 5.32 Å². The van der Waals surface area contributed by atoms with Crippen LogP contribution in [-0.4, -0.2) is 39.5 Å². The van der Waals surface area contributed by atoms with Gasteiger partial charge in [-0.05, 0) is 62.7 Å². The van der Waals surface area contributed by atoms with Crippen molar-refractivity contribution in [2.45, 2.75) is 30.6 Å². The number of carbonyl (C=O) groups is 3. The summed E-state index contributed by atoms with van der Waals surface area (Å²) in [4.78, 5) is 38.0. The van der Waals surface area contributed by atoms with Gasteiger partial charge in [-0.2, -0.15) is 0 Å². The van der Waals surface area contributed by atoms with E-state index in [0.29, 0.717) is 5.56 Å². The molecule has 0 aliphatic rings. The number of sulfone groups is 1. The number of benzene rings is 2. The minimum absolute atomic E-state index is 0.0408. The maximum absolute atomic E-state index is 12.9. The SMILES string of the molecule is CCOC(=O)c1sc(NC(=O)c2ccc(S(=O)(=O)c3ccccc3)cc2)c(C(=O)OCC)c1C. The van der Waals surface area contributed by atoms with Crippen LogP contribution in [0.5, 0.6) is 0 Å². The van der Waals surface area contributed by atoms with Gasteiger partial charge in [0.1, 0.15) is 9.88 Å². The van der Waals surface area contributed by atoms with Crippen LogP contribution in [-0.2, 0) is 19.3 Å². The van der Waals surface area contributed by atoms with Gasteiger partial charge in [-0.15, -0.1) is 11.3 Å². The van der Waals surface area contributed by atoms with Crippen molar-refractivity contribution < 1.29 is 32.3 Å². The average Bonchev–Trinajstić information content (AvgIpc) is 3.15. The number of thiophene rings is 1. The highest BCUT2D eigenvalue weighted by Crippen LogP contribution is 2.34. The Morgan fingerprint density at radius 3 is 2.00 bits per heavy atom. The second-order valence-corrected chi connectivity index (χ2v) is 9.97. The van der Waals surface area contributed by atoms with Crippen molar-refractivity contribution in [3.8, 4) is 0 Å². The topological polar surface area (TPSA) is 116 Å². The van der Waals surface area contributed by atoms with Gasteiger partial charge in [0.15, 0.2) is 0 Å². The summed E-state index contributed by atoms with van der Waals surface area (Å²) in [5.74, 6) is -1.86. The van der Waals surface area contributed by atoms with Gasteiger partial charge in [0, 0.05) is 5.56 Å². The Morgan fingerprint density at radius 2 is 1.41 bits per heavy atom. The van der Waals surface area contributed by atoms with E-state index in [-0.39, 0.29) is 44.0 Å². The molecule has 0 saturated carbocycles. The normalized spacial score (nSPS) is 11.0. The largest absolute Gasteiger partial charge is 0.462 e. The van der Waals surface area contributed by atoms with E-state index >= 15 is 0 Å². The van der Waals surface area contributed by atoms with Gasteiger partial charge in [0.2, 0.25) is 9.84 Å². The molecule has 0 aliphatic carbocycles. The van der Waals surface area contributed by atoms with Crippen LogP contribution in [0.25, 0.3) is 0 Å². The zero-order chi connectivity index (χ0) is 24.9. The Morgan fingerprint density at radius 1 is 0.853 bits per heavy atom. The van der Waals surface area contributed by atoms with Crippen molar-refractivity contribution in [2.75, 3.05) is 18.5 Å². The van der Waals surface area contributed by atoms with Crippen molar-refractivity contribution in [3.63, 3.8) is 0 Å². The summed E-state index contributed by atoms with van der Waals surface area (Å²) in [6.45, 7) is 5.17. The smallest absolute Gasteiger partial charge is 0.348 e. The third-order valence-corrected chi connectivity index (χ3v) is 7.77. The predicted molar refractivity (Wildman–Crippen MR) is 127 cm³/mol. The predicted octanol–water partition coefficient (Wildman–Crippen LogP) is 4.50. The van der Waals surface area contributed by atoms with Crippen LogP contribution >= 0.6 is 11.3 Å². The Labute approximate surface area is 201 Å². The number of nitrogens with one attached hydrogen (secondary N) is 1. The first-order valence-electron chi connectivity index (χ1n) is 10.4. The molecule has 0 radical (unpaired) electrons. The third-order valence-electron chi connectivity index (χ3n) is 4.79. The highest BCUT2D eigenvalue weighted by atomic mass is 32.2. The summed E-state index contributed by atoms with van der Waals surface area (Å²) in [6, 6.07) is 13.4. The number of hydrogen-bond acceptors (Lipinski definition) is 8. The average molecular weight is 502 g/mol. The second kappa shape index (κ2) is 10.6. The van der Waals surface area contributed by atoms with Crippen LogP contribution in [0.1, 0.15) is 49.8 Å². The fourth-order valence-electron chi connectivity index (χ4n) is 3.14.